The predicted octanol–water partition coefficient (Wildman–Crippen LogP) is 9.86. The van der Waals surface area contributed by atoms with E-state index in [9.17, 15) is 0 Å². The Morgan fingerprint density at radius 2 is 1.32 bits per heavy atom. The van der Waals surface area contributed by atoms with Crippen LogP contribution >= 0.6 is 0 Å². The van der Waals surface area contributed by atoms with Crippen LogP contribution in [0.25, 0.3) is 49.4 Å². The first-order chi connectivity index (χ1) is 20.1. The third-order valence-electron chi connectivity index (χ3n) is 8.83. The second-order valence-corrected chi connectivity index (χ2v) is 11.6. The summed E-state index contributed by atoms with van der Waals surface area (Å²) in [7, 11) is 0. The molecule has 0 spiro atoms. The van der Waals surface area contributed by atoms with Gasteiger partial charge in [-0.25, -0.2) is 0 Å². The minimum atomic E-state index is -0.109. The summed E-state index contributed by atoms with van der Waals surface area (Å²) in [6.07, 6.45) is 1.98. The van der Waals surface area contributed by atoms with Gasteiger partial charge in [-0.15, -0.1) is 0 Å². The van der Waals surface area contributed by atoms with E-state index >= 15 is 0 Å². The Kier molecular flexibility index (Phi) is 5.27. The van der Waals surface area contributed by atoms with Gasteiger partial charge in [0.15, 0.2) is 0 Å². The molecule has 1 aliphatic carbocycles. The van der Waals surface area contributed by atoms with Crippen molar-refractivity contribution in [3.63, 3.8) is 0 Å². The maximum Gasteiger partial charge on any atom is 0.0639 e. The first kappa shape index (κ1) is 23.9. The average Bonchev–Trinajstić information content (AvgIpc) is 3.48. The molecule has 1 aromatic heterocycles. The number of aliphatic imine (C=N–C) groups is 1. The molecular weight excluding hydrogens is 496 g/mol. The molecule has 2 nitrogen and oxygen atoms in total. The third kappa shape index (κ3) is 3.54. The summed E-state index contributed by atoms with van der Waals surface area (Å²) in [5, 5.41) is 5.28. The van der Waals surface area contributed by atoms with Crippen LogP contribution in [0.15, 0.2) is 132 Å². The van der Waals surface area contributed by atoms with E-state index in [2.05, 4.69) is 145 Å². The molecule has 0 radical (unpaired) electrons. The third-order valence-corrected chi connectivity index (χ3v) is 8.83. The normalized spacial score (nSPS) is 13.8. The molecule has 8 rings (SSSR count). The summed E-state index contributed by atoms with van der Waals surface area (Å²) in [4.78, 5) is 4.69. The highest BCUT2D eigenvalue weighted by atomic mass is 15.0. The maximum absolute atomic E-state index is 4.69. The molecule has 6 aromatic carbocycles. The molecule has 1 heterocycles. The number of rotatable bonds is 4. The first-order valence-corrected chi connectivity index (χ1v) is 14.4. The van der Waals surface area contributed by atoms with E-state index in [0.717, 1.165) is 11.3 Å². The van der Waals surface area contributed by atoms with E-state index < -0.39 is 0 Å². The van der Waals surface area contributed by atoms with Crippen LogP contribution in [0, 0.1) is 0 Å². The van der Waals surface area contributed by atoms with Gasteiger partial charge in [-0.2, -0.15) is 0 Å². The number of fused-ring (bicyclic) bond motifs is 10. The van der Waals surface area contributed by atoms with Gasteiger partial charge in [-0.1, -0.05) is 123 Å². The SMILES string of the molecule is CC1(C)c2ccccc2-c2c1c1c3ccccc3n(-c3ccc(C=NCc4ccccc4)cc3)c1c1ccccc21. The number of para-hydroxylation sites is 1. The molecular formula is C39H30N2. The molecule has 0 saturated carbocycles. The first-order valence-electron chi connectivity index (χ1n) is 14.4. The average molecular weight is 527 g/mol. The number of hydrogen-bond acceptors (Lipinski definition) is 1. The zero-order valence-corrected chi connectivity index (χ0v) is 23.3. The van der Waals surface area contributed by atoms with Crippen LogP contribution in [0.3, 0.4) is 0 Å². The maximum atomic E-state index is 4.69. The summed E-state index contributed by atoms with van der Waals surface area (Å²) in [5.41, 5.74) is 11.5. The number of benzene rings is 6. The fraction of sp³-hybridized carbons (Fsp3) is 0.103. The summed E-state index contributed by atoms with van der Waals surface area (Å²) < 4.78 is 2.47. The molecule has 0 bridgehead atoms. The molecule has 2 heteroatoms. The highest BCUT2D eigenvalue weighted by molar-refractivity contribution is 6.25. The van der Waals surface area contributed by atoms with Crippen LogP contribution in [-0.2, 0) is 12.0 Å². The van der Waals surface area contributed by atoms with Crippen molar-refractivity contribution in [1.82, 2.24) is 4.57 Å². The second-order valence-electron chi connectivity index (χ2n) is 11.6. The van der Waals surface area contributed by atoms with Crippen molar-refractivity contribution in [3.05, 3.63) is 150 Å². The molecule has 196 valence electrons. The Morgan fingerprint density at radius 3 is 2.12 bits per heavy atom. The van der Waals surface area contributed by atoms with Gasteiger partial charge in [0, 0.05) is 33.5 Å². The van der Waals surface area contributed by atoms with Gasteiger partial charge >= 0.3 is 0 Å². The fourth-order valence-electron chi connectivity index (χ4n) is 7.02. The monoisotopic (exact) mass is 526 g/mol. The standard InChI is InChI=1S/C39H30N2/c1-39(2)33-18-10-8-16-31(33)35-29-14-6-7-15-30(29)38-36(37(35)39)32-17-9-11-19-34(32)41(38)28-22-20-27(21-23-28)25-40-24-26-12-4-3-5-13-26/h3-23,25H,24H2,1-2H3. The Bertz CT molecular complexity index is 2130. The zero-order chi connectivity index (χ0) is 27.6. The van der Waals surface area contributed by atoms with Crippen molar-refractivity contribution in [1.29, 1.82) is 0 Å². The minimum absolute atomic E-state index is 0.109. The summed E-state index contributed by atoms with van der Waals surface area (Å²) in [6.45, 7) is 5.47. The van der Waals surface area contributed by atoms with E-state index in [4.69, 9.17) is 0 Å². The van der Waals surface area contributed by atoms with Crippen LogP contribution < -0.4 is 0 Å². The fourth-order valence-corrected chi connectivity index (χ4v) is 7.02. The summed E-state index contributed by atoms with van der Waals surface area (Å²) >= 11 is 0. The lowest BCUT2D eigenvalue weighted by molar-refractivity contribution is 0.667. The lowest BCUT2D eigenvalue weighted by Crippen LogP contribution is -2.15. The van der Waals surface area contributed by atoms with Gasteiger partial charge in [-0.3, -0.25) is 4.99 Å². The Hall–Kier alpha value is -4.95. The molecule has 7 aromatic rings. The van der Waals surface area contributed by atoms with Crippen molar-refractivity contribution in [2.75, 3.05) is 0 Å². The topological polar surface area (TPSA) is 17.3 Å². The van der Waals surface area contributed by atoms with Gasteiger partial charge in [0.25, 0.3) is 0 Å². The molecule has 1 aliphatic rings. The minimum Gasteiger partial charge on any atom is -0.309 e. The van der Waals surface area contributed by atoms with Crippen LogP contribution in [0.5, 0.6) is 0 Å². The summed E-state index contributed by atoms with van der Waals surface area (Å²) in [6, 6.07) is 46.0. The molecule has 0 fully saturated rings. The number of aromatic nitrogens is 1. The molecule has 0 atom stereocenters. The van der Waals surface area contributed by atoms with Crippen LogP contribution in [-0.4, -0.2) is 10.8 Å². The van der Waals surface area contributed by atoms with Gasteiger partial charge in [-0.05, 0) is 57.0 Å². The van der Waals surface area contributed by atoms with Crippen molar-refractivity contribution >= 4 is 38.8 Å². The van der Waals surface area contributed by atoms with Gasteiger partial charge in [0.2, 0.25) is 0 Å². The predicted molar refractivity (Wildman–Crippen MR) is 174 cm³/mol. The Balaban J connectivity index is 1.37. The molecule has 41 heavy (non-hydrogen) atoms. The highest BCUT2D eigenvalue weighted by Gasteiger charge is 2.39. The van der Waals surface area contributed by atoms with Crippen molar-refractivity contribution in [2.24, 2.45) is 4.99 Å². The van der Waals surface area contributed by atoms with Gasteiger partial charge in [0.05, 0.1) is 17.6 Å². The van der Waals surface area contributed by atoms with E-state index in [1.807, 2.05) is 12.3 Å². The van der Waals surface area contributed by atoms with Gasteiger partial charge < -0.3 is 4.57 Å². The zero-order valence-electron chi connectivity index (χ0n) is 23.3. The molecule has 0 saturated heterocycles. The number of nitrogens with zero attached hydrogens (tertiary/aromatic N) is 2. The quantitative estimate of drug-likeness (QED) is 0.203. The second kappa shape index (κ2) is 9.04. The van der Waals surface area contributed by atoms with E-state index in [1.165, 1.54) is 60.4 Å². The van der Waals surface area contributed by atoms with Crippen LogP contribution in [0.1, 0.15) is 36.1 Å². The highest BCUT2D eigenvalue weighted by Crippen LogP contribution is 2.56. The van der Waals surface area contributed by atoms with E-state index in [-0.39, 0.29) is 5.41 Å². The smallest absolute Gasteiger partial charge is 0.0639 e. The van der Waals surface area contributed by atoms with Crippen molar-refractivity contribution in [2.45, 2.75) is 25.8 Å². The number of hydrogen-bond donors (Lipinski definition) is 0. The van der Waals surface area contributed by atoms with Crippen LogP contribution in [0.2, 0.25) is 0 Å². The van der Waals surface area contributed by atoms with Gasteiger partial charge in [0.1, 0.15) is 0 Å². The lowest BCUT2D eigenvalue weighted by Gasteiger charge is -2.23. The molecule has 0 N–H and O–H groups in total. The lowest BCUT2D eigenvalue weighted by atomic mass is 9.79. The van der Waals surface area contributed by atoms with E-state index in [0.29, 0.717) is 6.54 Å². The largest absolute Gasteiger partial charge is 0.309 e. The molecule has 0 amide bonds. The van der Waals surface area contributed by atoms with Crippen molar-refractivity contribution < 1.29 is 0 Å². The van der Waals surface area contributed by atoms with Crippen molar-refractivity contribution in [3.8, 4) is 16.8 Å². The van der Waals surface area contributed by atoms with Crippen LogP contribution in [0.4, 0.5) is 0 Å². The Labute approximate surface area is 240 Å². The molecule has 0 unspecified atom stereocenters. The van der Waals surface area contributed by atoms with E-state index in [1.54, 1.807) is 0 Å². The Morgan fingerprint density at radius 1 is 0.659 bits per heavy atom. The summed E-state index contributed by atoms with van der Waals surface area (Å²) in [5.74, 6) is 0. The molecule has 0 aliphatic heterocycles.